The Morgan fingerprint density at radius 2 is 1.60 bits per heavy atom. The zero-order chi connectivity index (χ0) is 14.8. The van der Waals surface area contributed by atoms with Gasteiger partial charge in [0, 0.05) is 11.4 Å². The molecule has 0 aromatic heterocycles. The van der Waals surface area contributed by atoms with Crippen molar-refractivity contribution in [1.29, 1.82) is 0 Å². The van der Waals surface area contributed by atoms with Crippen molar-refractivity contribution in [3.8, 4) is 0 Å². The lowest BCUT2D eigenvalue weighted by Gasteiger charge is -2.07. The van der Waals surface area contributed by atoms with E-state index in [4.69, 9.17) is 10.9 Å². The second-order valence-electron chi connectivity index (χ2n) is 4.11. The molecule has 0 aliphatic heterocycles. The number of rotatable bonds is 3. The van der Waals surface area contributed by atoms with E-state index in [1.165, 1.54) is 24.3 Å². The number of hydrogen-bond donors (Lipinski definition) is 3. The van der Waals surface area contributed by atoms with Gasteiger partial charge in [-0.2, -0.15) is 0 Å². The molecule has 2 aromatic carbocycles. The van der Waals surface area contributed by atoms with Crippen LogP contribution in [0.5, 0.6) is 0 Å². The quantitative estimate of drug-likeness (QED) is 0.736. The minimum atomic E-state index is -3.74. The smallest absolute Gasteiger partial charge is 0.257 e. The van der Waals surface area contributed by atoms with Gasteiger partial charge in [0.15, 0.2) is 0 Å². The summed E-state index contributed by atoms with van der Waals surface area (Å²) in [6.07, 6.45) is 0. The van der Waals surface area contributed by atoms with Crippen molar-refractivity contribution < 1.29 is 13.2 Å². The lowest BCUT2D eigenvalue weighted by Crippen LogP contribution is -2.15. The molecule has 104 valence electrons. The number of carbonyl (C=O) groups excluding carboxylic acids is 1. The van der Waals surface area contributed by atoms with E-state index in [0.717, 1.165) is 0 Å². The van der Waals surface area contributed by atoms with Gasteiger partial charge in [-0.15, -0.1) is 0 Å². The Hall–Kier alpha value is -2.38. The maximum Gasteiger partial charge on any atom is 0.257 e. The number of nitrogens with two attached hydrogens (primary N) is 2. The summed E-state index contributed by atoms with van der Waals surface area (Å²) in [7, 11) is -3.74. The third-order valence-corrected chi connectivity index (χ3v) is 3.58. The molecule has 0 unspecified atom stereocenters. The van der Waals surface area contributed by atoms with Crippen LogP contribution in [0.1, 0.15) is 10.4 Å². The second kappa shape index (κ2) is 5.32. The highest BCUT2D eigenvalue weighted by molar-refractivity contribution is 7.89. The number of hydrogen-bond acceptors (Lipinski definition) is 4. The molecule has 5 N–H and O–H groups in total. The van der Waals surface area contributed by atoms with Crippen molar-refractivity contribution in [1.82, 2.24) is 0 Å². The van der Waals surface area contributed by atoms with Crippen LogP contribution in [0.15, 0.2) is 53.4 Å². The lowest BCUT2D eigenvalue weighted by molar-refractivity contribution is 0.102. The number of nitrogen functional groups attached to an aromatic ring is 1. The zero-order valence-electron chi connectivity index (χ0n) is 10.4. The SMILES string of the molecule is Nc1ccccc1C(=O)Nc1ccc(S(N)(=O)=O)cc1. The molecule has 20 heavy (non-hydrogen) atoms. The van der Waals surface area contributed by atoms with E-state index in [0.29, 0.717) is 16.9 Å². The van der Waals surface area contributed by atoms with Crippen molar-refractivity contribution in [2.75, 3.05) is 11.1 Å². The lowest BCUT2D eigenvalue weighted by atomic mass is 10.1. The average Bonchev–Trinajstić information content (AvgIpc) is 2.38. The minimum absolute atomic E-state index is 0.0188. The van der Waals surface area contributed by atoms with Crippen LogP contribution >= 0.6 is 0 Å². The summed E-state index contributed by atoms with van der Waals surface area (Å²) in [6, 6.07) is 12.2. The number of sulfonamides is 1. The second-order valence-corrected chi connectivity index (χ2v) is 5.67. The largest absolute Gasteiger partial charge is 0.398 e. The number of nitrogens with one attached hydrogen (secondary N) is 1. The normalized spacial score (nSPS) is 11.1. The molecule has 1 amide bonds. The Kier molecular flexibility index (Phi) is 3.73. The first-order chi connectivity index (χ1) is 9.38. The summed E-state index contributed by atoms with van der Waals surface area (Å²) < 4.78 is 22.2. The van der Waals surface area contributed by atoms with Crippen LogP contribution in [0, 0.1) is 0 Å². The highest BCUT2D eigenvalue weighted by Crippen LogP contribution is 2.16. The number of anilines is 2. The molecule has 7 heteroatoms. The standard InChI is InChI=1S/C13H13N3O3S/c14-12-4-2-1-3-11(12)13(17)16-9-5-7-10(8-6-9)20(15,18)19/h1-8H,14H2,(H,16,17)(H2,15,18,19). The first-order valence-electron chi connectivity index (χ1n) is 5.66. The van der Waals surface area contributed by atoms with Crippen molar-refractivity contribution >= 4 is 27.3 Å². The van der Waals surface area contributed by atoms with Gasteiger partial charge >= 0.3 is 0 Å². The van der Waals surface area contributed by atoms with Gasteiger partial charge in [0.05, 0.1) is 10.5 Å². The monoisotopic (exact) mass is 291 g/mol. The molecule has 0 aliphatic carbocycles. The molecule has 0 heterocycles. The number of para-hydroxylation sites is 1. The van der Waals surface area contributed by atoms with E-state index in [9.17, 15) is 13.2 Å². The van der Waals surface area contributed by atoms with Crippen molar-refractivity contribution in [2.24, 2.45) is 5.14 Å². The fourth-order valence-corrected chi connectivity index (χ4v) is 2.15. The van der Waals surface area contributed by atoms with Crippen molar-refractivity contribution in [2.45, 2.75) is 4.90 Å². The number of benzene rings is 2. The highest BCUT2D eigenvalue weighted by atomic mass is 32.2. The van der Waals surface area contributed by atoms with E-state index in [2.05, 4.69) is 5.32 Å². The molecule has 6 nitrogen and oxygen atoms in total. The fourth-order valence-electron chi connectivity index (χ4n) is 1.63. The van der Waals surface area contributed by atoms with Gasteiger partial charge in [0.25, 0.3) is 5.91 Å². The third-order valence-electron chi connectivity index (χ3n) is 2.65. The zero-order valence-corrected chi connectivity index (χ0v) is 11.2. The Morgan fingerprint density at radius 1 is 1.00 bits per heavy atom. The molecule has 0 atom stereocenters. The van der Waals surface area contributed by atoms with Gasteiger partial charge in [-0.3, -0.25) is 4.79 Å². The van der Waals surface area contributed by atoms with Crippen LogP contribution in [-0.2, 0) is 10.0 Å². The molecule has 0 saturated carbocycles. The topological polar surface area (TPSA) is 115 Å². The van der Waals surface area contributed by atoms with Crippen LogP contribution in [0.2, 0.25) is 0 Å². The predicted octanol–water partition coefficient (Wildman–Crippen LogP) is 1.17. The summed E-state index contributed by atoms with van der Waals surface area (Å²) >= 11 is 0. The molecule has 0 fully saturated rings. The summed E-state index contributed by atoms with van der Waals surface area (Å²) in [5.74, 6) is -0.369. The maximum absolute atomic E-state index is 12.0. The fraction of sp³-hybridized carbons (Fsp3) is 0. The summed E-state index contributed by atoms with van der Waals surface area (Å²) in [5.41, 5.74) is 6.87. The summed E-state index contributed by atoms with van der Waals surface area (Å²) in [6.45, 7) is 0. The molecule has 0 saturated heterocycles. The van der Waals surface area contributed by atoms with E-state index >= 15 is 0 Å². The van der Waals surface area contributed by atoms with Gasteiger partial charge in [0.1, 0.15) is 0 Å². The van der Waals surface area contributed by atoms with E-state index in [-0.39, 0.29) is 10.8 Å². The molecule has 2 rings (SSSR count). The molecular formula is C13H13N3O3S. The van der Waals surface area contributed by atoms with E-state index in [1.54, 1.807) is 24.3 Å². The van der Waals surface area contributed by atoms with Gasteiger partial charge in [-0.25, -0.2) is 13.6 Å². The molecule has 0 spiro atoms. The highest BCUT2D eigenvalue weighted by Gasteiger charge is 2.10. The average molecular weight is 291 g/mol. The van der Waals surface area contributed by atoms with Crippen LogP contribution in [0.4, 0.5) is 11.4 Å². The van der Waals surface area contributed by atoms with E-state index < -0.39 is 10.0 Å². The van der Waals surface area contributed by atoms with Gasteiger partial charge in [-0.1, -0.05) is 12.1 Å². The Morgan fingerprint density at radius 3 is 2.15 bits per heavy atom. The van der Waals surface area contributed by atoms with Crippen molar-refractivity contribution in [3.05, 3.63) is 54.1 Å². The van der Waals surface area contributed by atoms with Gasteiger partial charge in [0.2, 0.25) is 10.0 Å². The maximum atomic E-state index is 12.0. The Balaban J connectivity index is 2.19. The summed E-state index contributed by atoms with van der Waals surface area (Å²) in [5, 5.41) is 7.61. The number of carbonyl (C=O) groups is 1. The number of amides is 1. The first-order valence-corrected chi connectivity index (χ1v) is 7.21. The Bertz CT molecular complexity index is 740. The summed E-state index contributed by atoms with van der Waals surface area (Å²) in [4.78, 5) is 12.0. The first kappa shape index (κ1) is 14.0. The third kappa shape index (κ3) is 3.14. The minimum Gasteiger partial charge on any atom is -0.398 e. The van der Waals surface area contributed by atoms with Crippen LogP contribution in [-0.4, -0.2) is 14.3 Å². The molecule has 0 aliphatic rings. The van der Waals surface area contributed by atoms with E-state index in [1.807, 2.05) is 0 Å². The van der Waals surface area contributed by atoms with Gasteiger partial charge in [-0.05, 0) is 36.4 Å². The van der Waals surface area contributed by atoms with Crippen LogP contribution < -0.4 is 16.2 Å². The van der Waals surface area contributed by atoms with Gasteiger partial charge < -0.3 is 11.1 Å². The number of primary sulfonamides is 1. The molecule has 0 radical (unpaired) electrons. The molecular weight excluding hydrogens is 278 g/mol. The molecule has 0 bridgehead atoms. The van der Waals surface area contributed by atoms with Crippen molar-refractivity contribution in [3.63, 3.8) is 0 Å². The Labute approximate surface area is 116 Å². The predicted molar refractivity (Wildman–Crippen MR) is 76.6 cm³/mol. The molecule has 2 aromatic rings. The van der Waals surface area contributed by atoms with Crippen LogP contribution in [0.3, 0.4) is 0 Å². The van der Waals surface area contributed by atoms with Crippen LogP contribution in [0.25, 0.3) is 0 Å².